The van der Waals surface area contributed by atoms with E-state index in [0.717, 1.165) is 0 Å². The molecule has 0 saturated heterocycles. The SMILES string of the molecule is C=C(C)/C(C(=O)O)=C(/F)CC. The highest BCUT2D eigenvalue weighted by Gasteiger charge is 2.13. The third-order valence-electron chi connectivity index (χ3n) is 1.22. The Hall–Kier alpha value is -1.12. The van der Waals surface area contributed by atoms with Crippen molar-refractivity contribution in [1.82, 2.24) is 0 Å². The lowest BCUT2D eigenvalue weighted by Gasteiger charge is -2.01. The lowest BCUT2D eigenvalue weighted by atomic mass is 10.1. The molecule has 1 N–H and O–H groups in total. The summed E-state index contributed by atoms with van der Waals surface area (Å²) in [5, 5.41) is 8.49. The molecule has 0 aromatic rings. The lowest BCUT2D eigenvalue weighted by Crippen LogP contribution is -2.03. The van der Waals surface area contributed by atoms with Crippen molar-refractivity contribution < 1.29 is 14.3 Å². The molecular weight excluding hydrogens is 147 g/mol. The fourth-order valence-electron chi connectivity index (χ4n) is 0.707. The molecule has 0 atom stereocenters. The van der Waals surface area contributed by atoms with Gasteiger partial charge in [-0.3, -0.25) is 0 Å². The number of carbonyl (C=O) groups is 1. The minimum Gasteiger partial charge on any atom is -0.478 e. The van der Waals surface area contributed by atoms with Crippen LogP contribution in [0.3, 0.4) is 0 Å². The fourth-order valence-corrected chi connectivity index (χ4v) is 0.707. The zero-order valence-electron chi connectivity index (χ0n) is 6.65. The van der Waals surface area contributed by atoms with Crippen LogP contribution in [0.2, 0.25) is 0 Å². The first-order chi connectivity index (χ1) is 5.00. The minimum absolute atomic E-state index is 0.0918. The van der Waals surface area contributed by atoms with Gasteiger partial charge in [0, 0.05) is 0 Å². The Morgan fingerprint density at radius 2 is 2.09 bits per heavy atom. The molecule has 0 spiro atoms. The van der Waals surface area contributed by atoms with Gasteiger partial charge in [0.05, 0.1) is 5.57 Å². The highest BCUT2D eigenvalue weighted by atomic mass is 19.1. The molecule has 11 heavy (non-hydrogen) atoms. The maximum absolute atomic E-state index is 12.7. The van der Waals surface area contributed by atoms with E-state index in [9.17, 15) is 9.18 Å². The maximum Gasteiger partial charge on any atom is 0.338 e. The average Bonchev–Trinajstić information content (AvgIpc) is 1.85. The predicted octanol–water partition coefficient (Wildman–Crippen LogP) is 2.28. The van der Waals surface area contributed by atoms with Crippen LogP contribution in [0.5, 0.6) is 0 Å². The summed E-state index contributed by atoms with van der Waals surface area (Å²) in [5.74, 6) is -1.87. The molecule has 0 radical (unpaired) electrons. The van der Waals surface area contributed by atoms with Gasteiger partial charge < -0.3 is 5.11 Å². The number of halogens is 1. The van der Waals surface area contributed by atoms with Gasteiger partial charge in [0.1, 0.15) is 5.83 Å². The molecule has 0 aromatic carbocycles. The van der Waals surface area contributed by atoms with E-state index in [4.69, 9.17) is 5.11 Å². The van der Waals surface area contributed by atoms with E-state index in [1.54, 1.807) is 6.92 Å². The van der Waals surface area contributed by atoms with Crippen LogP contribution in [-0.4, -0.2) is 11.1 Å². The summed E-state index contributed by atoms with van der Waals surface area (Å²) in [5.41, 5.74) is -0.0515. The van der Waals surface area contributed by atoms with E-state index in [1.807, 2.05) is 0 Å². The zero-order chi connectivity index (χ0) is 9.02. The Morgan fingerprint density at radius 1 is 1.64 bits per heavy atom. The van der Waals surface area contributed by atoms with Gasteiger partial charge in [-0.1, -0.05) is 13.5 Å². The Bertz CT molecular complexity index is 200. The summed E-state index contributed by atoms with van der Waals surface area (Å²) in [4.78, 5) is 10.4. The molecule has 0 aliphatic rings. The molecule has 0 aromatic heterocycles. The second-order valence-electron chi connectivity index (χ2n) is 2.22. The zero-order valence-corrected chi connectivity index (χ0v) is 6.65. The van der Waals surface area contributed by atoms with Crippen LogP contribution in [0.4, 0.5) is 4.39 Å². The van der Waals surface area contributed by atoms with Crippen molar-refractivity contribution in [2.45, 2.75) is 20.3 Å². The average molecular weight is 158 g/mol. The molecule has 0 heterocycles. The second kappa shape index (κ2) is 3.91. The number of hydrogen-bond acceptors (Lipinski definition) is 1. The summed E-state index contributed by atoms with van der Waals surface area (Å²) in [6, 6.07) is 0. The van der Waals surface area contributed by atoms with E-state index in [1.165, 1.54) is 6.92 Å². The molecule has 2 nitrogen and oxygen atoms in total. The number of hydrogen-bond donors (Lipinski definition) is 1. The van der Waals surface area contributed by atoms with Gasteiger partial charge in [-0.15, -0.1) is 0 Å². The van der Waals surface area contributed by atoms with E-state index in [2.05, 4.69) is 6.58 Å². The van der Waals surface area contributed by atoms with Crippen LogP contribution in [-0.2, 0) is 4.79 Å². The first-order valence-electron chi connectivity index (χ1n) is 3.28. The van der Waals surface area contributed by atoms with Crippen molar-refractivity contribution in [2.75, 3.05) is 0 Å². The highest BCUT2D eigenvalue weighted by molar-refractivity contribution is 5.91. The molecule has 0 aliphatic heterocycles. The predicted molar refractivity (Wildman–Crippen MR) is 40.9 cm³/mol. The first-order valence-corrected chi connectivity index (χ1v) is 3.28. The molecule has 0 unspecified atom stereocenters. The Kier molecular flexibility index (Phi) is 3.51. The van der Waals surface area contributed by atoms with Crippen LogP contribution < -0.4 is 0 Å². The van der Waals surface area contributed by atoms with Crippen LogP contribution in [0.25, 0.3) is 0 Å². The molecular formula is C8H11FO2. The number of carboxylic acid groups (broad SMARTS) is 1. The quantitative estimate of drug-likeness (QED) is 0.505. The van der Waals surface area contributed by atoms with Crippen molar-refractivity contribution in [1.29, 1.82) is 0 Å². The topological polar surface area (TPSA) is 37.3 Å². The van der Waals surface area contributed by atoms with Crippen molar-refractivity contribution in [2.24, 2.45) is 0 Å². The third kappa shape index (κ3) is 2.53. The van der Waals surface area contributed by atoms with Crippen LogP contribution in [0.15, 0.2) is 23.6 Å². The summed E-state index contributed by atoms with van der Waals surface area (Å²) in [7, 11) is 0. The first kappa shape index (κ1) is 9.88. The maximum atomic E-state index is 12.7. The fraction of sp³-hybridized carbons (Fsp3) is 0.375. The van der Waals surface area contributed by atoms with Crippen LogP contribution in [0, 0.1) is 0 Å². The van der Waals surface area contributed by atoms with Gasteiger partial charge in [-0.2, -0.15) is 0 Å². The highest BCUT2D eigenvalue weighted by Crippen LogP contribution is 2.16. The van der Waals surface area contributed by atoms with E-state index in [0.29, 0.717) is 0 Å². The number of allylic oxidation sites excluding steroid dienone is 1. The molecule has 0 fully saturated rings. The van der Waals surface area contributed by atoms with Gasteiger partial charge in [0.25, 0.3) is 0 Å². The normalized spacial score (nSPS) is 12.3. The largest absolute Gasteiger partial charge is 0.478 e. The molecule has 0 rings (SSSR count). The summed E-state index contributed by atoms with van der Waals surface area (Å²) in [6.07, 6.45) is 0.0918. The Morgan fingerprint density at radius 3 is 2.18 bits per heavy atom. The summed E-state index contributed by atoms with van der Waals surface area (Å²) >= 11 is 0. The number of aliphatic carboxylic acids is 1. The van der Waals surface area contributed by atoms with Crippen molar-refractivity contribution >= 4 is 5.97 Å². The molecule has 62 valence electrons. The number of rotatable bonds is 3. The van der Waals surface area contributed by atoms with E-state index < -0.39 is 11.8 Å². The van der Waals surface area contributed by atoms with E-state index >= 15 is 0 Å². The monoisotopic (exact) mass is 158 g/mol. The van der Waals surface area contributed by atoms with Crippen molar-refractivity contribution in [3.63, 3.8) is 0 Å². The Labute approximate surface area is 65.0 Å². The standard InChI is InChI=1S/C8H11FO2/c1-4-6(9)7(5(2)3)8(10)11/h2,4H2,1,3H3,(H,10,11)/b7-6-. The van der Waals surface area contributed by atoms with Crippen molar-refractivity contribution in [3.8, 4) is 0 Å². The Balaban J connectivity index is 4.88. The molecule has 0 saturated carbocycles. The molecule has 0 amide bonds. The molecule has 0 aliphatic carbocycles. The van der Waals surface area contributed by atoms with Crippen LogP contribution >= 0.6 is 0 Å². The van der Waals surface area contributed by atoms with Crippen LogP contribution in [0.1, 0.15) is 20.3 Å². The minimum atomic E-state index is -1.25. The van der Waals surface area contributed by atoms with Gasteiger partial charge in [-0.25, -0.2) is 9.18 Å². The molecule has 0 bridgehead atoms. The van der Waals surface area contributed by atoms with Crippen molar-refractivity contribution in [3.05, 3.63) is 23.6 Å². The summed E-state index contributed by atoms with van der Waals surface area (Å²) in [6.45, 7) is 6.39. The van der Waals surface area contributed by atoms with Gasteiger partial charge in [0.15, 0.2) is 0 Å². The second-order valence-corrected chi connectivity index (χ2v) is 2.22. The molecule has 3 heteroatoms. The van der Waals surface area contributed by atoms with Gasteiger partial charge in [0.2, 0.25) is 0 Å². The third-order valence-corrected chi connectivity index (χ3v) is 1.22. The lowest BCUT2D eigenvalue weighted by molar-refractivity contribution is -0.132. The van der Waals surface area contributed by atoms with Gasteiger partial charge in [-0.05, 0) is 18.9 Å². The summed E-state index contributed by atoms with van der Waals surface area (Å²) < 4.78 is 12.7. The number of carboxylic acids is 1. The van der Waals surface area contributed by atoms with Gasteiger partial charge >= 0.3 is 5.97 Å². The van der Waals surface area contributed by atoms with E-state index in [-0.39, 0.29) is 17.6 Å². The smallest absolute Gasteiger partial charge is 0.338 e.